The second-order valence-corrected chi connectivity index (χ2v) is 12.2. The molecule has 0 atom stereocenters. The van der Waals surface area contributed by atoms with Crippen LogP contribution >= 0.6 is 63.7 Å². The number of rotatable bonds is 4. The monoisotopic (exact) mass is 792 g/mol. The van der Waals surface area contributed by atoms with E-state index in [0.717, 1.165) is 24.3 Å². The zero-order chi connectivity index (χ0) is 25.8. The van der Waals surface area contributed by atoms with Crippen molar-refractivity contribution in [3.63, 3.8) is 0 Å². The van der Waals surface area contributed by atoms with Gasteiger partial charge in [-0.1, -0.05) is 112 Å². The number of allylic oxidation sites excluding steroid dienone is 8. The molecule has 0 heterocycles. The van der Waals surface area contributed by atoms with E-state index >= 15 is 0 Å². The first-order valence-corrected chi connectivity index (χ1v) is 14.9. The van der Waals surface area contributed by atoms with Crippen molar-refractivity contribution in [3.05, 3.63) is 162 Å². The summed E-state index contributed by atoms with van der Waals surface area (Å²) in [6.07, 6.45) is 10.0. The molecular weight excluding hydrogens is 775 g/mol. The van der Waals surface area contributed by atoms with Gasteiger partial charge in [-0.3, -0.25) is 6.08 Å². The minimum Gasteiger partial charge on any atom is -0.273 e. The topological polar surface area (TPSA) is 0 Å². The molecule has 0 unspecified atom stereocenters. The summed E-state index contributed by atoms with van der Waals surface area (Å²) in [5, 5.41) is 0. The van der Waals surface area contributed by atoms with E-state index in [9.17, 15) is 0 Å². The summed E-state index contributed by atoms with van der Waals surface area (Å²) >= 11 is 14.3. The molecule has 5 heteroatoms. The van der Waals surface area contributed by atoms with E-state index in [4.69, 9.17) is 0 Å². The normalized spacial score (nSPS) is 13.6. The van der Waals surface area contributed by atoms with E-state index in [-0.39, 0.29) is 16.8 Å². The smallest absolute Gasteiger partial charge is 0.0175 e. The van der Waals surface area contributed by atoms with Gasteiger partial charge in [0.1, 0.15) is 0 Å². The van der Waals surface area contributed by atoms with Crippen LogP contribution in [-0.2, 0) is 16.8 Å². The van der Waals surface area contributed by atoms with Gasteiger partial charge in [0.15, 0.2) is 0 Å². The van der Waals surface area contributed by atoms with Crippen molar-refractivity contribution >= 4 is 86.0 Å². The number of hydrogen-bond acceptors (Lipinski definition) is 0. The molecule has 6 rings (SSSR count). The van der Waals surface area contributed by atoms with Crippen LogP contribution in [0.4, 0.5) is 0 Å². The predicted molar refractivity (Wildman–Crippen MR) is 172 cm³/mol. The van der Waals surface area contributed by atoms with Gasteiger partial charge in [-0.15, -0.1) is 6.42 Å². The Morgan fingerprint density at radius 3 is 0.842 bits per heavy atom. The molecule has 0 N–H and O–H groups in total. The van der Waals surface area contributed by atoms with E-state index in [1.165, 1.54) is 44.5 Å². The molecule has 2 aliphatic carbocycles. The van der Waals surface area contributed by atoms with Crippen molar-refractivity contribution in [2.24, 2.45) is 0 Å². The van der Waals surface area contributed by atoms with E-state index in [2.05, 4.69) is 173 Å². The minimum absolute atomic E-state index is 0. The quantitative estimate of drug-likeness (QED) is 0.181. The first-order valence-electron chi connectivity index (χ1n) is 11.8. The fourth-order valence-electron chi connectivity index (χ4n) is 4.40. The summed E-state index contributed by atoms with van der Waals surface area (Å²) in [5.41, 5.74) is 9.96. The van der Waals surface area contributed by atoms with Crippen molar-refractivity contribution in [1.29, 1.82) is 0 Å². The van der Waals surface area contributed by atoms with Crippen molar-refractivity contribution in [2.75, 3.05) is 0 Å². The molecule has 4 aromatic rings. The van der Waals surface area contributed by atoms with Gasteiger partial charge < -0.3 is 0 Å². The van der Waals surface area contributed by atoms with Crippen molar-refractivity contribution in [3.8, 4) is 0 Å². The summed E-state index contributed by atoms with van der Waals surface area (Å²) in [5.74, 6) is 0. The maximum absolute atomic E-state index is 3.58. The molecule has 0 saturated heterocycles. The van der Waals surface area contributed by atoms with Crippen LogP contribution in [0, 0.1) is 6.08 Å². The molecule has 0 aromatic heterocycles. The second kappa shape index (κ2) is 13.6. The van der Waals surface area contributed by atoms with Gasteiger partial charge in [-0.2, -0.15) is 6.08 Å². The Morgan fingerprint density at radius 1 is 0.421 bits per heavy atom. The van der Waals surface area contributed by atoms with Crippen LogP contribution in [0.1, 0.15) is 28.7 Å². The zero-order valence-electron chi connectivity index (χ0n) is 20.0. The Bertz CT molecular complexity index is 1290. The molecule has 0 saturated carbocycles. The third-order valence-corrected chi connectivity index (χ3v) is 8.23. The van der Waals surface area contributed by atoms with Crippen LogP contribution < -0.4 is 0 Å². The summed E-state index contributed by atoms with van der Waals surface area (Å²) in [6.45, 7) is 0. The molecule has 0 fully saturated rings. The maximum atomic E-state index is 3.58. The largest absolute Gasteiger partial charge is 0.273 e. The standard InChI is InChI=1S/C28H16Br4.C5H5.Co/c29-21-9-1-17(2-10-21)25-26(18-3-11-22(30)12-4-18)28(20-7-15-24(32)16-8-20)27(25)19-5-13-23(31)14-6-19;1-2-4-5-3-1;/h1-16H;1-3H,4H2;/q;-1;. The Hall–Kier alpha value is -1.73. The van der Waals surface area contributed by atoms with Crippen LogP contribution in [0.15, 0.2) is 133 Å². The van der Waals surface area contributed by atoms with Gasteiger partial charge in [0, 0.05) is 34.7 Å². The minimum atomic E-state index is 0. The summed E-state index contributed by atoms with van der Waals surface area (Å²) in [6, 6.07) is 34.4. The average molecular weight is 796 g/mol. The van der Waals surface area contributed by atoms with Gasteiger partial charge in [0.25, 0.3) is 0 Å². The van der Waals surface area contributed by atoms with Gasteiger partial charge in [-0.05, 0) is 93.1 Å². The van der Waals surface area contributed by atoms with E-state index < -0.39 is 0 Å². The predicted octanol–water partition coefficient (Wildman–Crippen LogP) is 11.6. The molecule has 38 heavy (non-hydrogen) atoms. The van der Waals surface area contributed by atoms with Crippen LogP contribution in [0.2, 0.25) is 0 Å². The zero-order valence-corrected chi connectivity index (χ0v) is 27.4. The van der Waals surface area contributed by atoms with Crippen molar-refractivity contribution in [1.82, 2.24) is 0 Å². The van der Waals surface area contributed by atoms with Crippen LogP contribution in [0.3, 0.4) is 0 Å². The van der Waals surface area contributed by atoms with E-state index in [1.54, 1.807) is 0 Å². The third-order valence-electron chi connectivity index (χ3n) is 6.12. The van der Waals surface area contributed by atoms with Crippen LogP contribution in [0.25, 0.3) is 22.3 Å². The molecule has 0 nitrogen and oxygen atoms in total. The number of halogens is 4. The first-order chi connectivity index (χ1) is 18.0. The Morgan fingerprint density at radius 2 is 0.684 bits per heavy atom. The maximum Gasteiger partial charge on any atom is 0.0175 e. The molecule has 0 spiro atoms. The molecular formula is C33H21Br4Co-. The Kier molecular flexibility index (Phi) is 10.4. The molecule has 0 amide bonds. The first kappa shape index (κ1) is 29.3. The molecule has 1 radical (unpaired) electrons. The summed E-state index contributed by atoms with van der Waals surface area (Å²) in [7, 11) is 0. The van der Waals surface area contributed by atoms with Crippen molar-refractivity contribution in [2.45, 2.75) is 6.42 Å². The van der Waals surface area contributed by atoms with Crippen LogP contribution in [-0.4, -0.2) is 0 Å². The summed E-state index contributed by atoms with van der Waals surface area (Å²) < 4.78 is 4.31. The summed E-state index contributed by atoms with van der Waals surface area (Å²) in [4.78, 5) is 0. The number of benzene rings is 4. The average Bonchev–Trinajstić information content (AvgIpc) is 3.49. The van der Waals surface area contributed by atoms with Gasteiger partial charge >= 0.3 is 0 Å². The molecule has 4 aromatic carbocycles. The van der Waals surface area contributed by atoms with Gasteiger partial charge in [0.05, 0.1) is 0 Å². The molecule has 0 aliphatic heterocycles. The molecule has 2 aliphatic rings. The van der Waals surface area contributed by atoms with Gasteiger partial charge in [-0.25, -0.2) is 12.2 Å². The fraction of sp³-hybridized carbons (Fsp3) is 0.0303. The van der Waals surface area contributed by atoms with Crippen LogP contribution in [0.5, 0.6) is 0 Å². The molecule has 191 valence electrons. The van der Waals surface area contributed by atoms with E-state index in [0.29, 0.717) is 0 Å². The third kappa shape index (κ3) is 6.69. The number of hydrogen-bond donors (Lipinski definition) is 0. The second-order valence-electron chi connectivity index (χ2n) is 8.53. The Labute approximate surface area is 268 Å². The van der Waals surface area contributed by atoms with E-state index in [1.807, 2.05) is 12.2 Å². The Balaban J connectivity index is 0.000000504. The molecule has 0 bridgehead atoms. The SMILES string of the molecule is Brc1ccc(C2=C(c3ccc(Br)cc3)C(c3ccc(Br)cc3)=C2c2ccc(Br)cc2)cc1.[C-]1=CC=CC1.[Co]. The van der Waals surface area contributed by atoms with Crippen molar-refractivity contribution < 1.29 is 16.8 Å². The van der Waals surface area contributed by atoms with Gasteiger partial charge in [0.2, 0.25) is 0 Å². The fourth-order valence-corrected chi connectivity index (χ4v) is 5.46.